The SMILES string of the molecule is COC(=O)C1=C[N+](C(=O)O)(C(C)(C)C)c2nccc(CN[C@@H](C(=O)NC3CCCC3)C(C)C)c21. The number of fused-ring (bicyclic) bond motifs is 1. The lowest BCUT2D eigenvalue weighted by atomic mass is 9.99. The molecule has 9 nitrogen and oxygen atoms in total. The second-order valence-electron chi connectivity index (χ2n) is 10.5. The van der Waals surface area contributed by atoms with E-state index in [4.69, 9.17) is 4.74 Å². The number of carbonyl (C=O) groups is 3. The van der Waals surface area contributed by atoms with Gasteiger partial charge in [-0.05, 0) is 51.2 Å². The number of carbonyl (C=O) groups excluding carboxylic acids is 2. The van der Waals surface area contributed by atoms with Crippen molar-refractivity contribution in [3.63, 3.8) is 0 Å². The molecule has 1 aromatic heterocycles. The van der Waals surface area contributed by atoms with Crippen LogP contribution < -0.4 is 15.1 Å². The summed E-state index contributed by atoms with van der Waals surface area (Å²) < 4.78 is 4.36. The summed E-state index contributed by atoms with van der Waals surface area (Å²) in [6.45, 7) is 9.59. The lowest BCUT2D eigenvalue weighted by molar-refractivity contribution is -0.133. The maximum absolute atomic E-state index is 13.0. The van der Waals surface area contributed by atoms with Crippen molar-refractivity contribution in [3.8, 4) is 0 Å². The van der Waals surface area contributed by atoms with E-state index in [9.17, 15) is 19.5 Å². The molecule has 1 unspecified atom stereocenters. The molecule has 0 aromatic carbocycles. The number of amides is 2. The molecule has 2 amide bonds. The standard InChI is InChI=1S/C25H36N4O5/c1-15(2)20(22(30)28-17-9-7-8-10-17)27-13-16-11-12-26-21-19(16)18(23(31)34-6)14-29(21,24(32)33)25(3,4)5/h11-12,14-15,17,20,27H,7-10,13H2,1-6H3,(H-,28,30,32,33)/p+1/t20-,29?/m1/s1. The van der Waals surface area contributed by atoms with E-state index in [-0.39, 0.29) is 35.8 Å². The number of pyridine rings is 1. The van der Waals surface area contributed by atoms with Gasteiger partial charge in [0.15, 0.2) is 0 Å². The minimum atomic E-state index is -1.14. The average Bonchev–Trinajstić information content (AvgIpc) is 3.39. The van der Waals surface area contributed by atoms with Gasteiger partial charge in [-0.15, -0.1) is 4.48 Å². The number of methoxy groups -OCH3 is 1. The molecule has 3 rings (SSSR count). The van der Waals surface area contributed by atoms with Gasteiger partial charge in [0.05, 0.1) is 18.7 Å². The van der Waals surface area contributed by atoms with Crippen LogP contribution in [0.1, 0.15) is 71.4 Å². The zero-order chi connectivity index (χ0) is 25.3. The minimum absolute atomic E-state index is 0.0374. The third-order valence-electron chi connectivity index (χ3n) is 6.87. The highest BCUT2D eigenvalue weighted by Gasteiger charge is 2.57. The van der Waals surface area contributed by atoms with Crippen LogP contribution in [0.4, 0.5) is 10.6 Å². The van der Waals surface area contributed by atoms with Gasteiger partial charge in [-0.2, -0.15) is 4.79 Å². The van der Waals surface area contributed by atoms with Crippen LogP contribution in [-0.4, -0.2) is 52.8 Å². The van der Waals surface area contributed by atoms with Gasteiger partial charge in [0, 0.05) is 18.8 Å². The molecule has 9 heteroatoms. The summed E-state index contributed by atoms with van der Waals surface area (Å²) in [4.78, 5) is 42.7. The third-order valence-corrected chi connectivity index (χ3v) is 6.87. The summed E-state index contributed by atoms with van der Waals surface area (Å²) in [5.41, 5.74) is 0.470. The molecule has 3 N–H and O–H groups in total. The minimum Gasteiger partial charge on any atom is -0.465 e. The Balaban J connectivity index is 1.97. The summed E-state index contributed by atoms with van der Waals surface area (Å²) in [6, 6.07) is 1.53. The average molecular weight is 474 g/mol. The number of aromatic nitrogens is 1. The normalized spacial score (nSPS) is 21.2. The highest BCUT2D eigenvalue weighted by atomic mass is 16.5. The molecule has 1 saturated carbocycles. The van der Waals surface area contributed by atoms with Gasteiger partial charge in [-0.25, -0.2) is 9.78 Å². The third kappa shape index (κ3) is 4.59. The van der Waals surface area contributed by atoms with Crippen LogP contribution >= 0.6 is 0 Å². The van der Waals surface area contributed by atoms with Crippen LogP contribution in [0.3, 0.4) is 0 Å². The van der Waals surface area contributed by atoms with Gasteiger partial charge in [-0.3, -0.25) is 4.79 Å². The van der Waals surface area contributed by atoms with Gasteiger partial charge < -0.3 is 20.5 Å². The van der Waals surface area contributed by atoms with Crippen LogP contribution in [0.2, 0.25) is 0 Å². The summed E-state index contributed by atoms with van der Waals surface area (Å²) in [5, 5.41) is 16.8. The molecule has 1 aliphatic carbocycles. The first-order chi connectivity index (χ1) is 15.9. The fourth-order valence-electron chi connectivity index (χ4n) is 4.94. The number of ether oxygens (including phenoxy) is 1. The number of quaternary nitrogens is 1. The second-order valence-corrected chi connectivity index (χ2v) is 10.5. The number of hydrogen-bond donors (Lipinski definition) is 3. The molecule has 0 saturated heterocycles. The zero-order valence-corrected chi connectivity index (χ0v) is 21.0. The molecule has 186 valence electrons. The van der Waals surface area contributed by atoms with Crippen LogP contribution in [-0.2, 0) is 20.9 Å². The van der Waals surface area contributed by atoms with Crippen molar-refractivity contribution in [2.24, 2.45) is 5.92 Å². The Hall–Kier alpha value is -2.78. The van der Waals surface area contributed by atoms with Gasteiger partial charge in [0.25, 0.3) is 5.82 Å². The Morgan fingerprint density at radius 3 is 2.41 bits per heavy atom. The molecule has 0 radical (unpaired) electrons. The first kappa shape index (κ1) is 25.8. The molecule has 1 fully saturated rings. The molecule has 2 heterocycles. The van der Waals surface area contributed by atoms with Crippen molar-refractivity contribution >= 4 is 29.4 Å². The fraction of sp³-hybridized carbons (Fsp3) is 0.600. The van der Waals surface area contributed by atoms with Gasteiger partial charge in [0.1, 0.15) is 17.3 Å². The van der Waals surface area contributed by atoms with Crippen LogP contribution in [0.5, 0.6) is 0 Å². The quantitative estimate of drug-likeness (QED) is 0.409. The molecule has 2 aliphatic rings. The monoisotopic (exact) mass is 473 g/mol. The maximum atomic E-state index is 13.0. The van der Waals surface area contributed by atoms with E-state index < -0.39 is 28.1 Å². The molecule has 1 aromatic rings. The summed E-state index contributed by atoms with van der Waals surface area (Å²) >= 11 is 0. The van der Waals surface area contributed by atoms with Crippen molar-refractivity contribution in [1.82, 2.24) is 20.1 Å². The van der Waals surface area contributed by atoms with E-state index in [1.807, 2.05) is 13.8 Å². The number of hydrogen-bond acceptors (Lipinski definition) is 6. The maximum Gasteiger partial charge on any atom is 0.525 e. The lowest BCUT2D eigenvalue weighted by Gasteiger charge is -2.37. The first-order valence-electron chi connectivity index (χ1n) is 11.9. The van der Waals surface area contributed by atoms with E-state index in [0.29, 0.717) is 11.1 Å². The highest BCUT2D eigenvalue weighted by molar-refractivity contribution is 6.21. The number of rotatable bonds is 7. The predicted molar refractivity (Wildman–Crippen MR) is 130 cm³/mol. The molecule has 1 aliphatic heterocycles. The number of nitrogens with one attached hydrogen (secondary N) is 2. The van der Waals surface area contributed by atoms with Gasteiger partial charge >= 0.3 is 12.1 Å². The van der Waals surface area contributed by atoms with E-state index in [2.05, 4.69) is 15.6 Å². The predicted octanol–water partition coefficient (Wildman–Crippen LogP) is 3.57. The molecule has 0 bridgehead atoms. The summed E-state index contributed by atoms with van der Waals surface area (Å²) in [7, 11) is 1.27. The molecular weight excluding hydrogens is 436 g/mol. The molecule has 0 spiro atoms. The number of carboxylic acid groups (broad SMARTS) is 1. The number of nitrogens with zero attached hydrogens (tertiary/aromatic N) is 2. The van der Waals surface area contributed by atoms with Crippen molar-refractivity contribution in [2.45, 2.75) is 84.5 Å². The van der Waals surface area contributed by atoms with E-state index in [1.165, 1.54) is 13.3 Å². The summed E-state index contributed by atoms with van der Waals surface area (Å²) in [5.74, 6) is -0.367. The van der Waals surface area contributed by atoms with Crippen molar-refractivity contribution < 1.29 is 24.2 Å². The van der Waals surface area contributed by atoms with E-state index in [1.54, 1.807) is 33.0 Å². The van der Waals surface area contributed by atoms with Crippen molar-refractivity contribution in [2.75, 3.05) is 7.11 Å². The molecular formula is C25H37N4O5+. The Kier molecular flexibility index (Phi) is 7.47. The number of esters is 1. The fourth-order valence-corrected chi connectivity index (χ4v) is 4.94. The molecule has 34 heavy (non-hydrogen) atoms. The van der Waals surface area contributed by atoms with Gasteiger partial charge in [0.2, 0.25) is 5.91 Å². The Morgan fingerprint density at radius 1 is 1.24 bits per heavy atom. The zero-order valence-electron chi connectivity index (χ0n) is 21.0. The Bertz CT molecular complexity index is 992. The Morgan fingerprint density at radius 2 is 1.88 bits per heavy atom. The second kappa shape index (κ2) is 9.84. The smallest absolute Gasteiger partial charge is 0.465 e. The van der Waals surface area contributed by atoms with E-state index >= 15 is 0 Å². The first-order valence-corrected chi connectivity index (χ1v) is 11.9. The summed E-state index contributed by atoms with van der Waals surface area (Å²) in [6.07, 6.45) is 6.10. The largest absolute Gasteiger partial charge is 0.525 e. The Labute approximate surface area is 201 Å². The van der Waals surface area contributed by atoms with Crippen LogP contribution in [0.25, 0.3) is 5.57 Å². The van der Waals surface area contributed by atoms with Gasteiger partial charge in [-0.1, -0.05) is 26.7 Å². The topological polar surface area (TPSA) is 118 Å². The lowest BCUT2D eigenvalue weighted by Crippen LogP contribution is -2.60. The van der Waals surface area contributed by atoms with Crippen molar-refractivity contribution in [1.29, 1.82) is 0 Å². The molecule has 2 atom stereocenters. The highest BCUT2D eigenvalue weighted by Crippen LogP contribution is 2.46. The van der Waals surface area contributed by atoms with Crippen molar-refractivity contribution in [3.05, 3.63) is 29.6 Å². The van der Waals surface area contributed by atoms with Crippen LogP contribution in [0, 0.1) is 5.92 Å². The van der Waals surface area contributed by atoms with E-state index in [0.717, 1.165) is 25.7 Å². The van der Waals surface area contributed by atoms with Crippen LogP contribution in [0.15, 0.2) is 18.5 Å².